The van der Waals surface area contributed by atoms with Crippen molar-refractivity contribution in [2.24, 2.45) is 16.6 Å². The number of halogens is 2. The van der Waals surface area contributed by atoms with Crippen molar-refractivity contribution in [2.75, 3.05) is 13.7 Å². The molecule has 1 saturated carbocycles. The van der Waals surface area contributed by atoms with Crippen molar-refractivity contribution in [2.45, 2.75) is 30.1 Å². The van der Waals surface area contributed by atoms with Crippen molar-refractivity contribution < 1.29 is 18.6 Å². The first-order valence-corrected chi connectivity index (χ1v) is 10.9. The lowest BCUT2D eigenvalue weighted by molar-refractivity contribution is 0.264. The highest BCUT2D eigenvalue weighted by molar-refractivity contribution is 8.15. The van der Waals surface area contributed by atoms with Crippen molar-refractivity contribution in [3.05, 3.63) is 59.2 Å². The van der Waals surface area contributed by atoms with Crippen LogP contribution in [0.5, 0.6) is 5.75 Å². The molecule has 32 heavy (non-hydrogen) atoms. The number of amidine groups is 1. The van der Waals surface area contributed by atoms with E-state index in [2.05, 4.69) is 19.9 Å². The maximum absolute atomic E-state index is 15.0. The Kier molecular flexibility index (Phi) is 4.82. The van der Waals surface area contributed by atoms with Gasteiger partial charge >= 0.3 is 0 Å². The fourth-order valence-corrected chi connectivity index (χ4v) is 5.97. The van der Waals surface area contributed by atoms with Gasteiger partial charge in [0.15, 0.2) is 16.8 Å². The number of hydrogen-bond donors (Lipinski definition) is 2. The SMILES string of the molecule is COc1cnc2c(Cc3cc(F)c(F)c([C@@]4(C)N=C(N)S[C@@]5(CO)C[C@H]54)c3)ncnc2c1. The summed E-state index contributed by atoms with van der Waals surface area (Å²) in [5, 5.41) is 10.1. The van der Waals surface area contributed by atoms with Crippen LogP contribution in [0.3, 0.4) is 0 Å². The topological polar surface area (TPSA) is 107 Å². The zero-order chi connectivity index (χ0) is 22.7. The number of fused-ring (bicyclic) bond motifs is 2. The molecule has 0 radical (unpaired) electrons. The van der Waals surface area contributed by atoms with E-state index in [1.807, 2.05) is 0 Å². The highest BCUT2D eigenvalue weighted by Gasteiger charge is 2.66. The summed E-state index contributed by atoms with van der Waals surface area (Å²) in [5.74, 6) is -1.49. The Morgan fingerprint density at radius 2 is 2.06 bits per heavy atom. The molecular weight excluding hydrogens is 436 g/mol. The predicted octanol–water partition coefficient (Wildman–Crippen LogP) is 2.93. The van der Waals surface area contributed by atoms with Crippen molar-refractivity contribution in [3.8, 4) is 5.75 Å². The van der Waals surface area contributed by atoms with Crippen LogP contribution < -0.4 is 10.5 Å². The van der Waals surface area contributed by atoms with Crippen LogP contribution in [0.4, 0.5) is 8.78 Å². The van der Waals surface area contributed by atoms with Gasteiger partial charge in [-0.3, -0.25) is 4.99 Å². The maximum atomic E-state index is 15.0. The Morgan fingerprint density at radius 1 is 1.25 bits per heavy atom. The van der Waals surface area contributed by atoms with Gasteiger partial charge in [-0.05, 0) is 31.0 Å². The molecule has 3 aromatic rings. The molecule has 3 heterocycles. The second-order valence-electron chi connectivity index (χ2n) is 8.36. The van der Waals surface area contributed by atoms with Crippen LogP contribution in [-0.2, 0) is 12.0 Å². The van der Waals surface area contributed by atoms with Crippen LogP contribution in [0.1, 0.15) is 30.2 Å². The van der Waals surface area contributed by atoms with E-state index in [9.17, 15) is 9.50 Å². The first-order valence-electron chi connectivity index (χ1n) is 10.1. The number of rotatable bonds is 5. The summed E-state index contributed by atoms with van der Waals surface area (Å²) in [5.41, 5.74) is 7.33. The number of aromatic nitrogens is 3. The van der Waals surface area contributed by atoms with Crippen molar-refractivity contribution >= 4 is 28.0 Å². The summed E-state index contributed by atoms with van der Waals surface area (Å²) in [6.07, 6.45) is 3.82. The number of hydrogen-bond acceptors (Lipinski definition) is 8. The highest BCUT2D eigenvalue weighted by Crippen LogP contribution is 2.65. The van der Waals surface area contributed by atoms with Crippen molar-refractivity contribution in [3.63, 3.8) is 0 Å². The molecule has 2 aliphatic rings. The monoisotopic (exact) mass is 457 g/mol. The van der Waals surface area contributed by atoms with E-state index in [1.54, 1.807) is 32.4 Å². The summed E-state index contributed by atoms with van der Waals surface area (Å²) in [4.78, 5) is 17.4. The van der Waals surface area contributed by atoms with Gasteiger partial charge in [0.05, 0.1) is 41.4 Å². The van der Waals surface area contributed by atoms with E-state index in [0.29, 0.717) is 34.5 Å². The number of pyridine rings is 1. The van der Waals surface area contributed by atoms with Crippen molar-refractivity contribution in [1.29, 1.82) is 0 Å². The van der Waals surface area contributed by atoms with Gasteiger partial charge in [0, 0.05) is 24.0 Å². The second kappa shape index (κ2) is 7.35. The van der Waals surface area contributed by atoms with Crippen molar-refractivity contribution in [1.82, 2.24) is 15.0 Å². The van der Waals surface area contributed by atoms with E-state index in [4.69, 9.17) is 10.5 Å². The molecule has 1 fully saturated rings. The average molecular weight is 458 g/mol. The van der Waals surface area contributed by atoms with Crippen LogP contribution >= 0.6 is 11.8 Å². The summed E-state index contributed by atoms with van der Waals surface area (Å²) >= 11 is 1.31. The zero-order valence-corrected chi connectivity index (χ0v) is 18.3. The fourth-order valence-electron chi connectivity index (χ4n) is 4.63. The quantitative estimate of drug-likeness (QED) is 0.607. The lowest BCUT2D eigenvalue weighted by atomic mass is 9.84. The van der Waals surface area contributed by atoms with Crippen LogP contribution in [0.15, 0.2) is 35.7 Å². The first kappa shape index (κ1) is 21.0. The molecule has 7 nitrogen and oxygen atoms in total. The van der Waals surface area contributed by atoms with Gasteiger partial charge in [-0.1, -0.05) is 11.8 Å². The van der Waals surface area contributed by atoms with Gasteiger partial charge in [-0.25, -0.2) is 23.7 Å². The van der Waals surface area contributed by atoms with Gasteiger partial charge < -0.3 is 15.6 Å². The standard InChI is InChI=1S/C22H21F2N5O2S/c1-21(17-7-22(17,9-30)32-20(25)29-21)13-3-11(4-14(23)18(13)24)5-15-19-16(28-10-27-15)6-12(31-2)8-26-19/h3-4,6,8,10,17,30H,5,7,9H2,1-2H3,(H2,25,29)/t17-,21+,22+/m0/s1. The summed E-state index contributed by atoms with van der Waals surface area (Å²) in [6, 6.07) is 4.52. The van der Waals surface area contributed by atoms with Crippen LogP contribution in [0.2, 0.25) is 0 Å². The normalized spacial score (nSPS) is 26.5. The Balaban J connectivity index is 1.57. The number of nitrogens with two attached hydrogens (primary N) is 1. The number of ether oxygens (including phenoxy) is 1. The molecule has 0 bridgehead atoms. The third kappa shape index (κ3) is 3.20. The Hall–Kier alpha value is -2.85. The zero-order valence-electron chi connectivity index (χ0n) is 17.5. The largest absolute Gasteiger partial charge is 0.495 e. The van der Waals surface area contributed by atoms with E-state index in [-0.39, 0.29) is 29.7 Å². The first-order chi connectivity index (χ1) is 15.3. The molecule has 5 rings (SSSR count). The lowest BCUT2D eigenvalue weighted by Gasteiger charge is -2.34. The number of aliphatic hydroxyl groups excluding tert-OH is 1. The van der Waals surface area contributed by atoms with Crippen LogP contribution in [-0.4, -0.2) is 43.7 Å². The summed E-state index contributed by atoms with van der Waals surface area (Å²) < 4.78 is 34.4. The molecule has 2 aromatic heterocycles. The second-order valence-corrected chi connectivity index (χ2v) is 9.79. The minimum Gasteiger partial charge on any atom is -0.495 e. The van der Waals surface area contributed by atoms with Crippen LogP contribution in [0, 0.1) is 17.6 Å². The smallest absolute Gasteiger partial charge is 0.164 e. The fraction of sp³-hybridized carbons (Fsp3) is 0.364. The molecule has 0 saturated heterocycles. The Morgan fingerprint density at radius 3 is 2.81 bits per heavy atom. The maximum Gasteiger partial charge on any atom is 0.164 e. The molecule has 3 N–H and O–H groups in total. The Labute approximate surface area is 187 Å². The van der Waals surface area contributed by atoms with Gasteiger partial charge in [0.25, 0.3) is 0 Å². The number of aliphatic hydroxyl groups is 1. The molecule has 0 spiro atoms. The van der Waals surface area contributed by atoms with Gasteiger partial charge in [-0.2, -0.15) is 0 Å². The molecule has 1 aliphatic heterocycles. The van der Waals surface area contributed by atoms with Gasteiger partial charge in [0.2, 0.25) is 0 Å². The third-order valence-corrected chi connectivity index (χ3v) is 7.68. The van der Waals surface area contributed by atoms with Gasteiger partial charge in [0.1, 0.15) is 17.6 Å². The molecule has 3 atom stereocenters. The lowest BCUT2D eigenvalue weighted by Crippen LogP contribution is -2.37. The molecule has 0 amide bonds. The minimum atomic E-state index is -1.07. The molecule has 10 heteroatoms. The highest BCUT2D eigenvalue weighted by atomic mass is 32.2. The number of methoxy groups -OCH3 is 1. The predicted molar refractivity (Wildman–Crippen MR) is 118 cm³/mol. The van der Waals surface area contributed by atoms with E-state index in [0.717, 1.165) is 6.07 Å². The number of nitrogens with zero attached hydrogens (tertiary/aromatic N) is 4. The molecular formula is C22H21F2N5O2S. The van der Waals surface area contributed by atoms with Crippen LogP contribution in [0.25, 0.3) is 11.0 Å². The average Bonchev–Trinajstić information content (AvgIpc) is 3.51. The van der Waals surface area contributed by atoms with E-state index >= 15 is 4.39 Å². The van der Waals surface area contributed by atoms with Gasteiger partial charge in [-0.15, -0.1) is 0 Å². The minimum absolute atomic E-state index is 0.0972. The summed E-state index contributed by atoms with van der Waals surface area (Å²) in [6.45, 7) is 1.65. The van der Waals surface area contributed by atoms with E-state index in [1.165, 1.54) is 18.1 Å². The molecule has 1 aromatic carbocycles. The number of thioether (sulfide) groups is 1. The third-order valence-electron chi connectivity index (χ3n) is 6.39. The van der Waals surface area contributed by atoms with E-state index < -0.39 is 21.9 Å². The number of aliphatic imine (C=N–C) groups is 1. The summed E-state index contributed by atoms with van der Waals surface area (Å²) in [7, 11) is 1.54. The Bertz CT molecular complexity index is 1270. The molecule has 0 unspecified atom stereocenters. The molecule has 1 aliphatic carbocycles. The molecule has 166 valence electrons. The number of benzene rings is 1.